The molecule has 4 aromatic rings. The Hall–Kier alpha value is -3.09. The van der Waals surface area contributed by atoms with E-state index in [2.05, 4.69) is 30.3 Å². The van der Waals surface area contributed by atoms with Gasteiger partial charge in [-0.05, 0) is 52.2 Å². The normalized spacial score (nSPS) is 18.0. The third kappa shape index (κ3) is 2.53. The molecule has 4 aromatic carbocycles. The third-order valence-corrected chi connectivity index (χ3v) is 8.53. The fourth-order valence-electron chi connectivity index (χ4n) is 3.95. The molecule has 0 fully saturated rings. The van der Waals surface area contributed by atoms with Crippen LogP contribution in [0.1, 0.15) is 11.1 Å². The van der Waals surface area contributed by atoms with E-state index in [0.29, 0.717) is 0 Å². The van der Waals surface area contributed by atoms with E-state index < -0.39 is 7.14 Å². The number of ether oxygens (including phenoxy) is 1. The first-order valence-corrected chi connectivity index (χ1v) is 11.0. The summed E-state index contributed by atoms with van der Waals surface area (Å²) < 4.78 is 20.0. The highest BCUT2D eigenvalue weighted by molar-refractivity contribution is 7.88. The highest BCUT2D eigenvalue weighted by atomic mass is 31.2. The molecule has 1 unspecified atom stereocenters. The molecular formula is C25H19O2P. The zero-order chi connectivity index (χ0) is 19.1. The summed E-state index contributed by atoms with van der Waals surface area (Å²) in [7, 11) is -1.30. The molecule has 0 aromatic heterocycles. The summed E-state index contributed by atoms with van der Waals surface area (Å²) in [5, 5.41) is 4.94. The zero-order valence-corrected chi connectivity index (χ0v) is 16.4. The first-order chi connectivity index (χ1) is 13.7. The van der Waals surface area contributed by atoms with Gasteiger partial charge >= 0.3 is 0 Å². The first-order valence-electron chi connectivity index (χ1n) is 9.26. The molecule has 1 aliphatic heterocycles. The van der Waals surface area contributed by atoms with Crippen molar-refractivity contribution in [3.63, 3.8) is 0 Å². The fraction of sp³-hybridized carbons (Fsp3) is 0.0400. The topological polar surface area (TPSA) is 26.3 Å². The molecule has 0 N–H and O–H groups in total. The highest BCUT2D eigenvalue weighted by Gasteiger charge is 2.39. The Morgan fingerprint density at radius 1 is 0.750 bits per heavy atom. The molecule has 0 radical (unpaired) electrons. The van der Waals surface area contributed by atoms with Crippen molar-refractivity contribution in [2.24, 2.45) is 0 Å². The molecule has 0 aliphatic carbocycles. The van der Waals surface area contributed by atoms with Crippen LogP contribution >= 0.6 is 7.14 Å². The molecule has 0 amide bonds. The second-order valence-electron chi connectivity index (χ2n) is 6.96. The van der Waals surface area contributed by atoms with Crippen LogP contribution in [0.5, 0.6) is 5.75 Å². The molecule has 136 valence electrons. The van der Waals surface area contributed by atoms with Crippen molar-refractivity contribution in [2.75, 3.05) is 7.11 Å². The molecular weight excluding hydrogens is 363 g/mol. The Morgan fingerprint density at radius 2 is 1.39 bits per heavy atom. The summed E-state index contributed by atoms with van der Waals surface area (Å²) in [5.41, 5.74) is 2.00. The predicted molar refractivity (Wildman–Crippen MR) is 118 cm³/mol. The van der Waals surface area contributed by atoms with Crippen molar-refractivity contribution in [2.45, 2.75) is 0 Å². The molecule has 0 saturated carbocycles. The number of hydrogen-bond donors (Lipinski definition) is 0. The largest absolute Gasteiger partial charge is 0.497 e. The second-order valence-corrected chi connectivity index (χ2v) is 9.66. The van der Waals surface area contributed by atoms with Gasteiger partial charge in [-0.3, -0.25) is 0 Å². The van der Waals surface area contributed by atoms with E-state index in [0.717, 1.165) is 43.6 Å². The van der Waals surface area contributed by atoms with Gasteiger partial charge in [0, 0.05) is 15.9 Å². The average Bonchev–Trinajstić information content (AvgIpc) is 3.06. The number of hydrogen-bond acceptors (Lipinski definition) is 2. The van der Waals surface area contributed by atoms with Gasteiger partial charge in [-0.1, -0.05) is 66.7 Å². The quantitative estimate of drug-likeness (QED) is 0.427. The maximum Gasteiger partial charge on any atom is 0.172 e. The van der Waals surface area contributed by atoms with Gasteiger partial charge < -0.3 is 9.30 Å². The van der Waals surface area contributed by atoms with Gasteiger partial charge in [0.15, 0.2) is 7.14 Å². The van der Waals surface area contributed by atoms with Gasteiger partial charge in [0.05, 0.1) is 7.11 Å². The van der Waals surface area contributed by atoms with E-state index in [9.17, 15) is 4.57 Å². The highest BCUT2D eigenvalue weighted by Crippen LogP contribution is 2.61. The Balaban J connectivity index is 1.78. The summed E-state index contributed by atoms with van der Waals surface area (Å²) in [6.45, 7) is 0. The Morgan fingerprint density at radius 3 is 2.07 bits per heavy atom. The van der Waals surface area contributed by atoms with Crippen LogP contribution in [0, 0.1) is 0 Å². The Kier molecular flexibility index (Phi) is 3.96. The standard InChI is InChI=1S/C25H19O2P/c1-27-22-13-11-18(12-14-22)24-17-21-15-19-7-5-6-8-20(19)16-25(21)28(24,26)23-9-3-2-4-10-23/h2-17H,1H3. The molecule has 1 atom stereocenters. The van der Waals surface area contributed by atoms with E-state index in [1.807, 2.05) is 66.7 Å². The van der Waals surface area contributed by atoms with Crippen molar-refractivity contribution in [1.82, 2.24) is 0 Å². The van der Waals surface area contributed by atoms with Crippen molar-refractivity contribution in [3.8, 4) is 5.75 Å². The molecule has 1 aliphatic rings. The van der Waals surface area contributed by atoms with E-state index in [-0.39, 0.29) is 0 Å². The summed E-state index contributed by atoms with van der Waals surface area (Å²) in [6, 6.07) is 30.1. The van der Waals surface area contributed by atoms with Crippen LogP contribution < -0.4 is 15.3 Å². The number of rotatable bonds is 3. The molecule has 2 nitrogen and oxygen atoms in total. The fourth-order valence-corrected chi connectivity index (χ4v) is 7.00. The Bertz CT molecular complexity index is 1250. The predicted octanol–water partition coefficient (Wildman–Crippen LogP) is 5.67. The van der Waals surface area contributed by atoms with Gasteiger partial charge in [-0.25, -0.2) is 0 Å². The lowest BCUT2D eigenvalue weighted by Gasteiger charge is -2.19. The average molecular weight is 382 g/mol. The van der Waals surface area contributed by atoms with Gasteiger partial charge in [0.1, 0.15) is 5.75 Å². The summed E-state index contributed by atoms with van der Waals surface area (Å²) in [5.74, 6) is 0.792. The van der Waals surface area contributed by atoms with E-state index in [4.69, 9.17) is 4.74 Å². The lowest BCUT2D eigenvalue weighted by molar-refractivity contribution is 0.415. The first kappa shape index (κ1) is 17.0. The maximum atomic E-state index is 14.7. The lowest BCUT2D eigenvalue weighted by Crippen LogP contribution is -2.15. The van der Waals surface area contributed by atoms with Crippen LogP contribution in [-0.2, 0) is 4.57 Å². The molecule has 3 heteroatoms. The van der Waals surface area contributed by atoms with Crippen LogP contribution in [-0.4, -0.2) is 7.11 Å². The van der Waals surface area contributed by atoms with Crippen molar-refractivity contribution >= 4 is 39.9 Å². The van der Waals surface area contributed by atoms with Gasteiger partial charge in [0.2, 0.25) is 0 Å². The molecule has 1 heterocycles. The van der Waals surface area contributed by atoms with Crippen LogP contribution in [0.25, 0.3) is 22.2 Å². The molecule has 0 saturated heterocycles. The van der Waals surface area contributed by atoms with Crippen LogP contribution in [0.2, 0.25) is 0 Å². The molecule has 28 heavy (non-hydrogen) atoms. The van der Waals surface area contributed by atoms with Gasteiger partial charge in [0.25, 0.3) is 0 Å². The van der Waals surface area contributed by atoms with Gasteiger partial charge in [-0.2, -0.15) is 0 Å². The third-order valence-electron chi connectivity index (χ3n) is 5.37. The summed E-state index contributed by atoms with van der Waals surface area (Å²) in [6.07, 6.45) is 2.09. The minimum absolute atomic E-state index is 0.792. The molecule has 5 rings (SSSR count). The van der Waals surface area contributed by atoms with Gasteiger partial charge in [-0.15, -0.1) is 0 Å². The zero-order valence-electron chi connectivity index (χ0n) is 15.5. The smallest absolute Gasteiger partial charge is 0.172 e. The number of benzene rings is 4. The van der Waals surface area contributed by atoms with E-state index in [1.165, 1.54) is 0 Å². The van der Waals surface area contributed by atoms with Crippen molar-refractivity contribution in [3.05, 3.63) is 102 Å². The lowest BCUT2D eigenvalue weighted by atomic mass is 10.1. The minimum Gasteiger partial charge on any atom is -0.497 e. The Labute approximate surface area is 164 Å². The second kappa shape index (κ2) is 6.51. The molecule has 0 spiro atoms. The van der Waals surface area contributed by atoms with E-state index in [1.54, 1.807) is 7.11 Å². The monoisotopic (exact) mass is 382 g/mol. The van der Waals surface area contributed by atoms with Crippen LogP contribution in [0.3, 0.4) is 0 Å². The minimum atomic E-state index is -2.95. The maximum absolute atomic E-state index is 14.7. The molecule has 0 bridgehead atoms. The summed E-state index contributed by atoms with van der Waals surface area (Å²) >= 11 is 0. The van der Waals surface area contributed by atoms with Crippen molar-refractivity contribution < 1.29 is 9.30 Å². The van der Waals surface area contributed by atoms with Crippen LogP contribution in [0.4, 0.5) is 0 Å². The van der Waals surface area contributed by atoms with E-state index >= 15 is 0 Å². The number of methoxy groups -OCH3 is 1. The number of fused-ring (bicyclic) bond motifs is 2. The van der Waals surface area contributed by atoms with Crippen molar-refractivity contribution in [1.29, 1.82) is 0 Å². The SMILES string of the molecule is COc1ccc(C2=Cc3cc4ccccc4cc3P2(=O)c2ccccc2)cc1. The summed E-state index contributed by atoms with van der Waals surface area (Å²) in [4.78, 5) is 0. The van der Waals surface area contributed by atoms with Crippen LogP contribution in [0.15, 0.2) is 91.0 Å².